The summed E-state index contributed by atoms with van der Waals surface area (Å²) in [4.78, 5) is 104. The number of carbonyl (C=O) groups excluding carboxylic acids is 4. The number of hydrogen-bond acceptors (Lipinski definition) is 14. The van der Waals surface area contributed by atoms with E-state index in [4.69, 9.17) is 19.4 Å². The van der Waals surface area contributed by atoms with E-state index in [0.717, 1.165) is 28.1 Å². The number of imide groups is 1. The summed E-state index contributed by atoms with van der Waals surface area (Å²) in [5.74, 6) is -5.59. The molecule has 5 aliphatic rings. The smallest absolute Gasteiger partial charge is 0.363 e. The zero-order valence-corrected chi connectivity index (χ0v) is 42.7. The number of rotatable bonds is 12. The molecule has 20 heteroatoms. The first-order valence-corrected chi connectivity index (χ1v) is 24.3. The summed E-state index contributed by atoms with van der Waals surface area (Å²) < 4.78 is 14.2. The molecule has 3 amide bonds. The van der Waals surface area contributed by atoms with Gasteiger partial charge in [-0.2, -0.15) is 0 Å². The highest BCUT2D eigenvalue weighted by Crippen LogP contribution is 2.45. The molecule has 0 saturated carbocycles. The average Bonchev–Trinajstić information content (AvgIpc) is 3.95. The van der Waals surface area contributed by atoms with Crippen LogP contribution in [-0.4, -0.2) is 95.3 Å². The minimum Gasteiger partial charge on any atom is -0.507 e. The number of anilines is 1. The highest BCUT2D eigenvalue weighted by Gasteiger charge is 2.33. The number of nitrogens with two attached hydrogens (primary N) is 1. The number of hydrogen-bond donors (Lipinski definition) is 6. The Morgan fingerprint density at radius 1 is 0.646 bits per heavy atom. The van der Waals surface area contributed by atoms with Crippen LogP contribution < -0.4 is 31.3 Å². The van der Waals surface area contributed by atoms with Crippen LogP contribution in [0.5, 0.6) is 5.75 Å². The summed E-state index contributed by atoms with van der Waals surface area (Å²) in [5, 5.41) is 44.9. The molecule has 398 valence electrons. The monoisotopic (exact) mass is 1070 g/mol. The Morgan fingerprint density at radius 2 is 1.22 bits per heavy atom. The van der Waals surface area contributed by atoms with Gasteiger partial charge in [0.25, 0.3) is 17.7 Å². The number of aromatic hydroxyl groups is 1. The van der Waals surface area contributed by atoms with Crippen LogP contribution in [0.2, 0.25) is 0 Å². The molecule has 10 rings (SSSR count). The molecule has 0 unspecified atom stereocenters. The Hall–Kier alpha value is -10.5. The number of nitrogens with zero attached hydrogens (tertiary/aromatic N) is 3. The number of carboxylic acid groups (broad SMARTS) is 3. The molecular formula is C59H48N5O15+. The summed E-state index contributed by atoms with van der Waals surface area (Å²) in [7, 11) is 7.70. The third-order valence-electron chi connectivity index (χ3n) is 13.2. The molecular weight excluding hydrogens is 1020 g/mol. The Balaban J connectivity index is 0.000000215. The van der Waals surface area contributed by atoms with Crippen molar-refractivity contribution in [3.63, 3.8) is 0 Å². The molecule has 7 N–H and O–H groups in total. The lowest BCUT2D eigenvalue weighted by atomic mass is 9.89. The summed E-state index contributed by atoms with van der Waals surface area (Å²) in [6.45, 7) is 0.0255. The van der Waals surface area contributed by atoms with Crippen LogP contribution in [0, 0.1) is 0 Å². The molecule has 0 bridgehead atoms. The van der Waals surface area contributed by atoms with Gasteiger partial charge in [0.2, 0.25) is 5.36 Å². The zero-order valence-electron chi connectivity index (χ0n) is 42.7. The minimum absolute atomic E-state index is 0.00659. The second-order valence-electron chi connectivity index (χ2n) is 18.7. The van der Waals surface area contributed by atoms with Crippen molar-refractivity contribution >= 4 is 69.2 Å². The number of aromatic carboxylic acids is 3. The Morgan fingerprint density at radius 3 is 1.82 bits per heavy atom. The lowest BCUT2D eigenvalue weighted by Crippen LogP contribution is -2.32. The number of amides is 3. The van der Waals surface area contributed by atoms with Crippen molar-refractivity contribution in [2.75, 3.05) is 33.1 Å². The van der Waals surface area contributed by atoms with E-state index >= 15 is 0 Å². The van der Waals surface area contributed by atoms with Crippen molar-refractivity contribution in [2.24, 2.45) is 5.73 Å². The van der Waals surface area contributed by atoms with E-state index in [0.29, 0.717) is 55.2 Å². The van der Waals surface area contributed by atoms with E-state index in [1.165, 1.54) is 54.6 Å². The lowest BCUT2D eigenvalue weighted by molar-refractivity contribution is -0.172. The van der Waals surface area contributed by atoms with Crippen molar-refractivity contribution in [3.05, 3.63) is 182 Å². The van der Waals surface area contributed by atoms with Crippen molar-refractivity contribution in [1.29, 1.82) is 0 Å². The normalized spacial score (nSPS) is 12.1. The highest BCUT2D eigenvalue weighted by molar-refractivity contribution is 6.11. The summed E-state index contributed by atoms with van der Waals surface area (Å²) in [5.41, 5.74) is 10.9. The van der Waals surface area contributed by atoms with Gasteiger partial charge in [0.1, 0.15) is 42.5 Å². The van der Waals surface area contributed by atoms with E-state index in [2.05, 4.69) is 5.32 Å². The number of carboxylic acids is 3. The van der Waals surface area contributed by atoms with Crippen LogP contribution >= 0.6 is 0 Å². The first-order chi connectivity index (χ1) is 37.7. The standard InChI is InChI=1S/C37H32N4O8.C22H15NO7/c1-39(2)24-10-13-27-30(18-24)48-31-19-25(40(3)4)11-14-28(31)34(27)26-12-9-23(17-29(26)36(45)46)35(44)38-20-21-5-7-22(8-6-21)37(47)49-41-32(42)15-16-33(41)43;23-9-16-17(25)6-5-14-19(13-4-2-11(24)8-18(13)30-20(14)16)12-3-1-10(21(26)27)7-15(12)22(28)29/h5-14,17-19H,15-16,20H2,1-4H3,(H-,38,44,45,46);1-8,25H,9,23H2,(H,26,27)(H,28,29)/p+1. The molecule has 3 heterocycles. The predicted molar refractivity (Wildman–Crippen MR) is 289 cm³/mol. The quantitative estimate of drug-likeness (QED) is 0.0398. The number of carbonyl (C=O) groups is 7. The fraction of sp³-hybridized carbons (Fsp3) is 0.136. The number of hydroxylamine groups is 2. The largest absolute Gasteiger partial charge is 0.507 e. The van der Waals surface area contributed by atoms with E-state index in [1.807, 2.05) is 74.1 Å². The predicted octanol–water partition coefficient (Wildman–Crippen LogP) is 7.28. The minimum atomic E-state index is -1.31. The van der Waals surface area contributed by atoms with Gasteiger partial charge < -0.3 is 50.0 Å². The number of fused-ring (bicyclic) bond motifs is 4. The van der Waals surface area contributed by atoms with Gasteiger partial charge in [0.15, 0.2) is 5.43 Å². The summed E-state index contributed by atoms with van der Waals surface area (Å²) >= 11 is 0. The van der Waals surface area contributed by atoms with Crippen molar-refractivity contribution in [1.82, 2.24) is 15.0 Å². The van der Waals surface area contributed by atoms with Gasteiger partial charge in [-0.3, -0.25) is 19.2 Å². The van der Waals surface area contributed by atoms with Gasteiger partial charge in [-0.05, 0) is 95.6 Å². The molecule has 0 spiro atoms. The zero-order chi connectivity index (χ0) is 56.6. The highest BCUT2D eigenvalue weighted by atomic mass is 16.7. The van der Waals surface area contributed by atoms with Crippen molar-refractivity contribution < 1.29 is 67.7 Å². The molecule has 5 aromatic carbocycles. The molecule has 1 saturated heterocycles. The van der Waals surface area contributed by atoms with Crippen molar-refractivity contribution in [3.8, 4) is 50.7 Å². The maximum atomic E-state index is 13.2. The van der Waals surface area contributed by atoms with Gasteiger partial charge in [-0.25, -0.2) is 23.8 Å². The molecule has 2 aliphatic carbocycles. The van der Waals surface area contributed by atoms with E-state index in [9.17, 15) is 58.8 Å². The SMILES string of the molecule is CN(C)c1ccc2c(-c3ccc(C(=O)NCc4ccc(C(=O)ON5C(=O)CCC5=O)cc4)cc3C(=O)O)c3ccc(=[N+](C)C)cc-3oc2c1.NCc1c(O)ccc2c(-c3ccc(C(=O)O)cc3C(=O)O)c3ccc(=O)cc-3oc12. The van der Waals surface area contributed by atoms with Crippen molar-refractivity contribution in [2.45, 2.75) is 25.9 Å². The van der Waals surface area contributed by atoms with E-state index in [1.54, 1.807) is 30.3 Å². The fourth-order valence-electron chi connectivity index (χ4n) is 9.17. The van der Waals surface area contributed by atoms with Gasteiger partial charge >= 0.3 is 23.9 Å². The van der Waals surface area contributed by atoms with Gasteiger partial charge in [-0.1, -0.05) is 24.3 Å². The second-order valence-corrected chi connectivity index (χ2v) is 18.7. The summed E-state index contributed by atoms with van der Waals surface area (Å²) in [6, 6.07) is 33.1. The molecule has 0 atom stereocenters. The molecule has 79 heavy (non-hydrogen) atoms. The van der Waals surface area contributed by atoms with E-state index < -0.39 is 41.6 Å². The third-order valence-corrected chi connectivity index (χ3v) is 13.2. The molecule has 5 aromatic rings. The lowest BCUT2D eigenvalue weighted by Gasteiger charge is -2.19. The first-order valence-electron chi connectivity index (χ1n) is 24.3. The molecule has 0 radical (unpaired) electrons. The fourth-order valence-corrected chi connectivity index (χ4v) is 9.17. The van der Waals surface area contributed by atoms with E-state index in [-0.39, 0.29) is 81.8 Å². The van der Waals surface area contributed by atoms with Crippen LogP contribution in [0.1, 0.15) is 75.8 Å². The molecule has 20 nitrogen and oxygen atoms in total. The number of benzene rings is 7. The summed E-state index contributed by atoms with van der Waals surface area (Å²) in [6.07, 6.45) is -0.0132. The van der Waals surface area contributed by atoms with Crippen LogP contribution in [-0.2, 0) is 27.5 Å². The van der Waals surface area contributed by atoms with Gasteiger partial charge in [0.05, 0.1) is 33.9 Å². The Kier molecular flexibility index (Phi) is 14.6. The Bertz CT molecular complexity index is 4080. The molecule has 3 aliphatic heterocycles. The number of nitrogens with one attached hydrogen (secondary N) is 1. The topological polar surface area (TPSA) is 301 Å². The van der Waals surface area contributed by atoms with Crippen LogP contribution in [0.4, 0.5) is 5.69 Å². The maximum absolute atomic E-state index is 13.2. The first kappa shape index (κ1) is 53.4. The third kappa shape index (κ3) is 10.6. The average molecular weight is 1070 g/mol. The number of phenols is 1. The molecule has 0 aromatic heterocycles. The van der Waals surface area contributed by atoms with Crippen LogP contribution in [0.3, 0.4) is 0 Å². The maximum Gasteiger partial charge on any atom is 0.363 e. The van der Waals surface area contributed by atoms with Gasteiger partial charge in [-0.15, -0.1) is 5.06 Å². The second kappa shape index (κ2) is 21.6. The molecule has 1 fully saturated rings. The number of phenolic OH excluding ortho intramolecular Hbond substituents is 1. The van der Waals surface area contributed by atoms with Crippen LogP contribution in [0.15, 0.2) is 141 Å². The van der Waals surface area contributed by atoms with Gasteiger partial charge in [0, 0.05) is 103 Å². The Labute approximate surface area is 447 Å². The van der Waals surface area contributed by atoms with Crippen LogP contribution in [0.25, 0.3) is 66.8 Å².